The quantitative estimate of drug-likeness (QED) is 0.709. The largest absolute Gasteiger partial charge is 0.383 e. The first-order chi connectivity index (χ1) is 8.75. The first-order valence-electron chi connectivity index (χ1n) is 5.65. The van der Waals surface area contributed by atoms with Crippen LogP contribution in [0.25, 0.3) is 21.9 Å². The summed E-state index contributed by atoms with van der Waals surface area (Å²) in [6, 6.07) is 16.2. The summed E-state index contributed by atoms with van der Waals surface area (Å²) in [7, 11) is 0. The van der Waals surface area contributed by atoms with Crippen molar-refractivity contribution >= 4 is 28.2 Å². The number of nitrogens with zero attached hydrogens (tertiary/aromatic N) is 1. The summed E-state index contributed by atoms with van der Waals surface area (Å²) >= 11 is 6.00. The van der Waals surface area contributed by atoms with E-state index in [1.807, 2.05) is 30.3 Å². The van der Waals surface area contributed by atoms with E-state index in [-0.39, 0.29) is 0 Å². The summed E-state index contributed by atoms with van der Waals surface area (Å²) in [5.74, 6) is 0.496. The lowest BCUT2D eigenvalue weighted by Crippen LogP contribution is -1.94. The molecule has 88 valence electrons. The van der Waals surface area contributed by atoms with Crippen molar-refractivity contribution < 1.29 is 0 Å². The van der Waals surface area contributed by atoms with E-state index in [2.05, 4.69) is 23.2 Å². The molecule has 0 aliphatic heterocycles. The van der Waals surface area contributed by atoms with Crippen LogP contribution in [0.4, 0.5) is 5.82 Å². The van der Waals surface area contributed by atoms with Crippen molar-refractivity contribution in [2.75, 3.05) is 5.73 Å². The molecule has 1 heterocycles. The van der Waals surface area contributed by atoms with Gasteiger partial charge in [-0.25, -0.2) is 4.98 Å². The summed E-state index contributed by atoms with van der Waals surface area (Å²) in [6.07, 6.45) is 1.56. The van der Waals surface area contributed by atoms with Crippen molar-refractivity contribution in [1.29, 1.82) is 0 Å². The third-order valence-corrected chi connectivity index (χ3v) is 3.17. The molecule has 18 heavy (non-hydrogen) atoms. The second-order valence-electron chi connectivity index (χ2n) is 4.11. The number of pyridine rings is 1. The molecule has 0 atom stereocenters. The van der Waals surface area contributed by atoms with E-state index in [4.69, 9.17) is 17.3 Å². The third-order valence-electron chi connectivity index (χ3n) is 2.96. The number of rotatable bonds is 1. The van der Waals surface area contributed by atoms with E-state index in [0.717, 1.165) is 16.5 Å². The minimum Gasteiger partial charge on any atom is -0.383 e. The molecule has 2 N–H and O–H groups in total. The number of nitrogens with two attached hydrogens (primary N) is 1. The highest BCUT2D eigenvalue weighted by molar-refractivity contribution is 6.30. The zero-order valence-corrected chi connectivity index (χ0v) is 10.4. The van der Waals surface area contributed by atoms with Gasteiger partial charge in [0, 0.05) is 11.8 Å². The number of hydrogen-bond acceptors (Lipinski definition) is 2. The Balaban J connectivity index is 2.35. The molecule has 0 fully saturated rings. The fourth-order valence-electron chi connectivity index (χ4n) is 2.13. The number of fused-ring (bicyclic) bond motifs is 1. The summed E-state index contributed by atoms with van der Waals surface area (Å²) < 4.78 is 0. The Morgan fingerprint density at radius 1 is 0.944 bits per heavy atom. The van der Waals surface area contributed by atoms with Crippen LogP contribution in [0, 0.1) is 0 Å². The van der Waals surface area contributed by atoms with E-state index in [1.165, 1.54) is 5.39 Å². The van der Waals surface area contributed by atoms with Crippen molar-refractivity contribution in [3.05, 3.63) is 59.8 Å². The standard InChI is InChI=1S/C15H11ClN2/c16-11-8-14(15(17)18-9-11)13-7-3-5-10-4-1-2-6-12(10)13/h1-9H,(H2,17,18). The van der Waals surface area contributed by atoms with Gasteiger partial charge < -0.3 is 5.73 Å². The Morgan fingerprint density at radius 3 is 2.61 bits per heavy atom. The molecular formula is C15H11ClN2. The van der Waals surface area contributed by atoms with Gasteiger partial charge in [0.2, 0.25) is 0 Å². The molecule has 0 saturated heterocycles. The number of benzene rings is 2. The van der Waals surface area contributed by atoms with E-state index in [0.29, 0.717) is 10.8 Å². The molecule has 0 unspecified atom stereocenters. The van der Waals surface area contributed by atoms with E-state index < -0.39 is 0 Å². The average molecular weight is 255 g/mol. The van der Waals surface area contributed by atoms with Gasteiger partial charge in [-0.15, -0.1) is 0 Å². The first-order valence-corrected chi connectivity index (χ1v) is 6.02. The molecule has 3 heteroatoms. The Morgan fingerprint density at radius 2 is 1.72 bits per heavy atom. The molecule has 3 rings (SSSR count). The lowest BCUT2D eigenvalue weighted by Gasteiger charge is -2.09. The zero-order chi connectivity index (χ0) is 12.5. The second kappa shape index (κ2) is 4.31. The molecule has 0 saturated carbocycles. The van der Waals surface area contributed by atoms with Crippen molar-refractivity contribution in [3.63, 3.8) is 0 Å². The molecule has 0 aliphatic carbocycles. The molecule has 3 aromatic rings. The second-order valence-corrected chi connectivity index (χ2v) is 4.55. The van der Waals surface area contributed by atoms with Crippen LogP contribution in [0.5, 0.6) is 0 Å². The van der Waals surface area contributed by atoms with E-state index >= 15 is 0 Å². The summed E-state index contributed by atoms with van der Waals surface area (Å²) in [5, 5.41) is 2.91. The van der Waals surface area contributed by atoms with Crippen molar-refractivity contribution in [3.8, 4) is 11.1 Å². The molecule has 1 aromatic heterocycles. The minimum atomic E-state index is 0.496. The third kappa shape index (κ3) is 1.81. The maximum atomic E-state index is 6.00. The van der Waals surface area contributed by atoms with Crippen molar-refractivity contribution in [2.24, 2.45) is 0 Å². The molecule has 0 aliphatic rings. The molecule has 2 nitrogen and oxygen atoms in total. The fourth-order valence-corrected chi connectivity index (χ4v) is 2.28. The van der Waals surface area contributed by atoms with Crippen LogP contribution in [0.3, 0.4) is 0 Å². The number of anilines is 1. The van der Waals surface area contributed by atoms with Gasteiger partial charge in [0.05, 0.1) is 5.02 Å². The van der Waals surface area contributed by atoms with Crippen molar-refractivity contribution in [1.82, 2.24) is 4.98 Å². The number of aromatic nitrogens is 1. The predicted octanol–water partition coefficient (Wildman–Crippen LogP) is 4.14. The highest BCUT2D eigenvalue weighted by atomic mass is 35.5. The maximum absolute atomic E-state index is 6.00. The van der Waals surface area contributed by atoms with Gasteiger partial charge in [0.15, 0.2) is 0 Å². The highest BCUT2D eigenvalue weighted by Crippen LogP contribution is 2.32. The van der Waals surface area contributed by atoms with Gasteiger partial charge in [0.25, 0.3) is 0 Å². The van der Waals surface area contributed by atoms with Gasteiger partial charge in [-0.1, -0.05) is 54.1 Å². The normalized spacial score (nSPS) is 10.7. The predicted molar refractivity (Wildman–Crippen MR) is 76.6 cm³/mol. The van der Waals surface area contributed by atoms with Crippen LogP contribution in [-0.4, -0.2) is 4.98 Å². The smallest absolute Gasteiger partial charge is 0.131 e. The minimum absolute atomic E-state index is 0.496. The van der Waals surface area contributed by atoms with Gasteiger partial charge in [-0.3, -0.25) is 0 Å². The van der Waals surface area contributed by atoms with Gasteiger partial charge in [-0.2, -0.15) is 0 Å². The zero-order valence-electron chi connectivity index (χ0n) is 9.60. The van der Waals surface area contributed by atoms with Gasteiger partial charge in [0.1, 0.15) is 5.82 Å². The Kier molecular flexibility index (Phi) is 2.65. The lowest BCUT2D eigenvalue weighted by molar-refractivity contribution is 1.34. The molecule has 0 spiro atoms. The SMILES string of the molecule is Nc1ncc(Cl)cc1-c1cccc2ccccc12. The van der Waals surface area contributed by atoms with Gasteiger partial charge in [-0.05, 0) is 22.4 Å². The van der Waals surface area contributed by atoms with Crippen LogP contribution in [0.1, 0.15) is 0 Å². The molecular weight excluding hydrogens is 244 g/mol. The van der Waals surface area contributed by atoms with Crippen LogP contribution < -0.4 is 5.73 Å². The monoisotopic (exact) mass is 254 g/mol. The Bertz CT molecular complexity index is 717. The van der Waals surface area contributed by atoms with Crippen molar-refractivity contribution in [2.45, 2.75) is 0 Å². The molecule has 0 bridgehead atoms. The van der Waals surface area contributed by atoms with Gasteiger partial charge >= 0.3 is 0 Å². The number of nitrogen functional groups attached to an aromatic ring is 1. The van der Waals surface area contributed by atoms with Crippen LogP contribution in [0.15, 0.2) is 54.7 Å². The summed E-state index contributed by atoms with van der Waals surface area (Å²) in [6.45, 7) is 0. The van der Waals surface area contributed by atoms with Crippen LogP contribution in [0.2, 0.25) is 5.02 Å². The Hall–Kier alpha value is -2.06. The highest BCUT2D eigenvalue weighted by Gasteiger charge is 2.08. The van der Waals surface area contributed by atoms with E-state index in [9.17, 15) is 0 Å². The summed E-state index contributed by atoms with van der Waals surface area (Å²) in [5.41, 5.74) is 7.87. The summed E-state index contributed by atoms with van der Waals surface area (Å²) in [4.78, 5) is 4.11. The molecule has 0 amide bonds. The van der Waals surface area contributed by atoms with Crippen LogP contribution in [-0.2, 0) is 0 Å². The fraction of sp³-hybridized carbons (Fsp3) is 0. The molecule has 0 radical (unpaired) electrons. The lowest BCUT2D eigenvalue weighted by atomic mass is 9.99. The number of halogens is 1. The number of hydrogen-bond donors (Lipinski definition) is 1. The average Bonchev–Trinajstić information content (AvgIpc) is 2.41. The Labute approximate surface area is 110 Å². The first kappa shape index (κ1) is 11.1. The van der Waals surface area contributed by atoms with Crippen LogP contribution >= 0.6 is 11.6 Å². The maximum Gasteiger partial charge on any atom is 0.131 e. The molecule has 2 aromatic carbocycles. The van der Waals surface area contributed by atoms with E-state index in [1.54, 1.807) is 6.20 Å². The topological polar surface area (TPSA) is 38.9 Å².